The summed E-state index contributed by atoms with van der Waals surface area (Å²) >= 11 is 0. The standard InChI is InChI=1S/C65H59NSi/c1-63(2,3)46-25-31-49(32-26-46)67(50-33-27-47(28-34-50)64(4,5)6,51-35-29-48(30-36-51)65(7,8)9)52-19-15-18-44(40-52)53-37-22-42-23-39-56-60-45(24-38-54(53)59(42)60)41-57-61(56)55-20-13-14-21-58(55)66-62(57)43-16-11-10-12-17-43/h10-41H,1-9H3. The van der Waals surface area contributed by atoms with Crippen LogP contribution in [0.15, 0.2) is 194 Å². The molecule has 1 nitrogen and oxygen atoms in total. The van der Waals surface area contributed by atoms with Crippen molar-refractivity contribution in [2.24, 2.45) is 0 Å². The Labute approximate surface area is 397 Å². The van der Waals surface area contributed by atoms with Gasteiger partial charge >= 0.3 is 0 Å². The summed E-state index contributed by atoms with van der Waals surface area (Å²) in [6.45, 7) is 20.8. The molecule has 11 aromatic rings. The lowest BCUT2D eigenvalue weighted by Crippen LogP contribution is -2.74. The van der Waals surface area contributed by atoms with Gasteiger partial charge in [0.1, 0.15) is 0 Å². The maximum absolute atomic E-state index is 5.30. The highest BCUT2D eigenvalue weighted by atomic mass is 28.3. The third-order valence-corrected chi connectivity index (χ3v) is 19.4. The number of hydrogen-bond donors (Lipinski definition) is 0. The summed E-state index contributed by atoms with van der Waals surface area (Å²) in [5.41, 5.74) is 9.84. The SMILES string of the molecule is CC(C)(C)c1ccc([Si](c2ccc(C(C)(C)C)cc2)(c2ccc(C(C)(C)C)cc2)c2cccc(-c3ccc4ccc5c6c(cc7ccc3c4c75)c(-c3ccccc3)nc3ccccc36)c2)cc1. The van der Waals surface area contributed by atoms with Crippen molar-refractivity contribution in [1.82, 2.24) is 4.98 Å². The molecule has 0 unspecified atom stereocenters. The molecule has 0 saturated carbocycles. The van der Waals surface area contributed by atoms with Gasteiger partial charge in [-0.2, -0.15) is 0 Å². The number of benzene rings is 10. The molecule has 0 bridgehead atoms. The van der Waals surface area contributed by atoms with Crippen molar-refractivity contribution in [3.63, 3.8) is 0 Å². The quantitative estimate of drug-likeness (QED) is 0.0702. The minimum Gasteiger partial charge on any atom is -0.247 e. The minimum atomic E-state index is -2.94. The lowest BCUT2D eigenvalue weighted by atomic mass is 9.86. The van der Waals surface area contributed by atoms with Gasteiger partial charge in [-0.1, -0.05) is 244 Å². The summed E-state index contributed by atoms with van der Waals surface area (Å²) < 4.78 is 0. The van der Waals surface area contributed by atoms with Crippen LogP contribution in [0.3, 0.4) is 0 Å². The molecular formula is C65H59NSi. The maximum atomic E-state index is 5.30. The molecule has 328 valence electrons. The van der Waals surface area contributed by atoms with Crippen molar-refractivity contribution in [3.05, 3.63) is 211 Å². The van der Waals surface area contributed by atoms with Crippen LogP contribution in [0, 0.1) is 0 Å². The maximum Gasteiger partial charge on any atom is 0.179 e. The number of para-hydroxylation sites is 1. The number of pyridine rings is 1. The van der Waals surface area contributed by atoms with Crippen LogP contribution >= 0.6 is 0 Å². The molecule has 1 heterocycles. The van der Waals surface area contributed by atoms with Gasteiger partial charge in [-0.25, -0.2) is 4.98 Å². The van der Waals surface area contributed by atoms with E-state index in [2.05, 4.69) is 256 Å². The topological polar surface area (TPSA) is 12.9 Å². The van der Waals surface area contributed by atoms with E-state index >= 15 is 0 Å². The molecule has 0 saturated heterocycles. The van der Waals surface area contributed by atoms with Crippen molar-refractivity contribution < 1.29 is 0 Å². The minimum absolute atomic E-state index is 0.0425. The first-order chi connectivity index (χ1) is 32.1. The van der Waals surface area contributed by atoms with Crippen molar-refractivity contribution in [2.45, 2.75) is 78.6 Å². The zero-order chi connectivity index (χ0) is 46.5. The molecule has 0 radical (unpaired) electrons. The van der Waals surface area contributed by atoms with Gasteiger partial charge in [-0.15, -0.1) is 0 Å². The molecule has 0 atom stereocenters. The fourth-order valence-corrected chi connectivity index (χ4v) is 15.7. The lowest BCUT2D eigenvalue weighted by molar-refractivity contribution is 0.590. The second-order valence-electron chi connectivity index (χ2n) is 22.0. The van der Waals surface area contributed by atoms with Gasteiger partial charge in [-0.05, 0) is 109 Å². The van der Waals surface area contributed by atoms with Crippen LogP contribution in [-0.4, -0.2) is 13.1 Å². The first-order valence-corrected chi connectivity index (χ1v) is 26.0. The van der Waals surface area contributed by atoms with Gasteiger partial charge in [0.2, 0.25) is 0 Å². The van der Waals surface area contributed by atoms with Gasteiger partial charge < -0.3 is 0 Å². The summed E-state index contributed by atoms with van der Waals surface area (Å²) in [5, 5.41) is 16.9. The first-order valence-electron chi connectivity index (χ1n) is 24.0. The van der Waals surface area contributed by atoms with Crippen molar-refractivity contribution in [3.8, 4) is 22.4 Å². The van der Waals surface area contributed by atoms with Crippen molar-refractivity contribution in [1.29, 1.82) is 0 Å². The van der Waals surface area contributed by atoms with Crippen molar-refractivity contribution in [2.75, 3.05) is 0 Å². The molecule has 2 heteroatoms. The second-order valence-corrected chi connectivity index (χ2v) is 25.8. The lowest BCUT2D eigenvalue weighted by Gasteiger charge is -2.36. The number of hydrogen-bond acceptors (Lipinski definition) is 1. The smallest absolute Gasteiger partial charge is 0.179 e. The second kappa shape index (κ2) is 15.6. The molecule has 0 aliphatic rings. The molecule has 0 aliphatic carbocycles. The van der Waals surface area contributed by atoms with Crippen LogP contribution in [0.5, 0.6) is 0 Å². The van der Waals surface area contributed by atoms with Gasteiger partial charge in [0.15, 0.2) is 8.07 Å². The van der Waals surface area contributed by atoms with Crippen LogP contribution in [0.2, 0.25) is 0 Å². The Morgan fingerprint density at radius 1 is 0.328 bits per heavy atom. The van der Waals surface area contributed by atoms with E-state index in [0.717, 1.165) is 16.8 Å². The molecule has 0 amide bonds. The van der Waals surface area contributed by atoms with E-state index in [1.807, 2.05) is 0 Å². The number of aromatic nitrogens is 1. The fourth-order valence-electron chi connectivity index (χ4n) is 11.0. The highest BCUT2D eigenvalue weighted by Crippen LogP contribution is 2.45. The molecule has 0 fully saturated rings. The summed E-state index contributed by atoms with van der Waals surface area (Å²) in [6.07, 6.45) is 0. The summed E-state index contributed by atoms with van der Waals surface area (Å²) in [6, 6.07) is 74.5. The van der Waals surface area contributed by atoms with E-state index in [0.29, 0.717) is 0 Å². The van der Waals surface area contributed by atoms with Gasteiger partial charge in [0.25, 0.3) is 0 Å². The predicted octanol–water partition coefficient (Wildman–Crippen LogP) is 14.9. The van der Waals surface area contributed by atoms with Gasteiger partial charge in [0.05, 0.1) is 11.2 Å². The third-order valence-electron chi connectivity index (χ3n) is 14.6. The van der Waals surface area contributed by atoms with Gasteiger partial charge in [0, 0.05) is 21.7 Å². The summed E-state index contributed by atoms with van der Waals surface area (Å²) in [5.74, 6) is 0. The largest absolute Gasteiger partial charge is 0.247 e. The Morgan fingerprint density at radius 3 is 1.40 bits per heavy atom. The molecule has 11 rings (SSSR count). The highest BCUT2D eigenvalue weighted by Gasteiger charge is 2.42. The number of fused-ring (bicyclic) bond motifs is 4. The zero-order valence-electron chi connectivity index (χ0n) is 40.4. The Bertz CT molecular complexity index is 3500. The average molecular weight is 882 g/mol. The average Bonchev–Trinajstić information content (AvgIpc) is 3.33. The van der Waals surface area contributed by atoms with E-state index in [4.69, 9.17) is 4.98 Å². The van der Waals surface area contributed by atoms with E-state index in [-0.39, 0.29) is 16.2 Å². The molecule has 0 N–H and O–H groups in total. The molecule has 67 heavy (non-hydrogen) atoms. The normalized spacial score (nSPS) is 12.9. The van der Waals surface area contributed by atoms with Crippen LogP contribution in [-0.2, 0) is 16.2 Å². The van der Waals surface area contributed by atoms with E-state index in [1.165, 1.54) is 97.0 Å². The Morgan fingerprint density at radius 2 is 0.821 bits per heavy atom. The summed E-state index contributed by atoms with van der Waals surface area (Å²) in [4.78, 5) is 5.30. The summed E-state index contributed by atoms with van der Waals surface area (Å²) in [7, 11) is -2.94. The number of nitrogens with zero attached hydrogens (tertiary/aromatic N) is 1. The predicted molar refractivity (Wildman–Crippen MR) is 294 cm³/mol. The molecular weight excluding hydrogens is 823 g/mol. The first kappa shape index (κ1) is 42.7. The Kier molecular flexibility index (Phi) is 9.96. The van der Waals surface area contributed by atoms with E-state index in [1.54, 1.807) is 0 Å². The highest BCUT2D eigenvalue weighted by molar-refractivity contribution is 7.20. The van der Waals surface area contributed by atoms with Crippen LogP contribution in [0.4, 0.5) is 0 Å². The van der Waals surface area contributed by atoms with E-state index in [9.17, 15) is 0 Å². The molecule has 0 aliphatic heterocycles. The Balaban J connectivity index is 1.18. The zero-order valence-corrected chi connectivity index (χ0v) is 41.4. The van der Waals surface area contributed by atoms with E-state index < -0.39 is 8.07 Å². The molecule has 10 aromatic carbocycles. The fraction of sp³-hybridized carbons (Fsp3) is 0.185. The van der Waals surface area contributed by atoms with Crippen LogP contribution in [0.1, 0.15) is 79.0 Å². The monoisotopic (exact) mass is 881 g/mol. The molecule has 1 aromatic heterocycles. The van der Waals surface area contributed by atoms with Crippen molar-refractivity contribution >= 4 is 82.8 Å². The van der Waals surface area contributed by atoms with Gasteiger partial charge in [-0.3, -0.25) is 0 Å². The van der Waals surface area contributed by atoms with Crippen LogP contribution < -0.4 is 20.7 Å². The number of rotatable bonds is 6. The third kappa shape index (κ3) is 7.08. The Hall–Kier alpha value is -6.87. The molecule has 0 spiro atoms. The van der Waals surface area contributed by atoms with Crippen LogP contribution in [0.25, 0.3) is 76.4 Å².